The van der Waals surface area contributed by atoms with Crippen molar-refractivity contribution in [3.63, 3.8) is 0 Å². The maximum absolute atomic E-state index is 12.1. The molecule has 0 aliphatic carbocycles. The molecule has 1 aromatic carbocycles. The smallest absolute Gasteiger partial charge is 0.226 e. The van der Waals surface area contributed by atoms with Gasteiger partial charge in [-0.05, 0) is 19.1 Å². The van der Waals surface area contributed by atoms with Crippen LogP contribution in [0.1, 0.15) is 13.3 Å². The first-order valence-corrected chi connectivity index (χ1v) is 6.98. The van der Waals surface area contributed by atoms with E-state index in [1.807, 2.05) is 29.2 Å². The number of carbonyl (C=O) groups excluding carboxylic acids is 1. The Morgan fingerprint density at radius 2 is 2.15 bits per heavy atom. The van der Waals surface area contributed by atoms with E-state index in [2.05, 4.69) is 12.2 Å². The number of hydrogen-bond donors (Lipinski definition) is 1. The van der Waals surface area contributed by atoms with Crippen molar-refractivity contribution in [2.45, 2.75) is 19.4 Å². The summed E-state index contributed by atoms with van der Waals surface area (Å²) in [6.07, 6.45) is 0.391. The van der Waals surface area contributed by atoms with E-state index in [0.29, 0.717) is 24.5 Å². The molecule has 1 fully saturated rings. The lowest BCUT2D eigenvalue weighted by atomic mass is 10.2. The maximum Gasteiger partial charge on any atom is 0.226 e. The lowest BCUT2D eigenvalue weighted by Crippen LogP contribution is -2.52. The highest BCUT2D eigenvalue weighted by Gasteiger charge is 2.22. The van der Waals surface area contributed by atoms with Crippen molar-refractivity contribution < 1.29 is 14.3 Å². The van der Waals surface area contributed by atoms with Crippen molar-refractivity contribution in [2.24, 2.45) is 0 Å². The molecule has 1 aliphatic rings. The molecule has 1 heterocycles. The lowest BCUT2D eigenvalue weighted by Gasteiger charge is -2.34. The monoisotopic (exact) mass is 278 g/mol. The van der Waals surface area contributed by atoms with Gasteiger partial charge in [0, 0.05) is 25.7 Å². The van der Waals surface area contributed by atoms with Crippen molar-refractivity contribution in [1.29, 1.82) is 0 Å². The highest BCUT2D eigenvalue weighted by atomic mass is 16.5. The van der Waals surface area contributed by atoms with Gasteiger partial charge < -0.3 is 19.7 Å². The average Bonchev–Trinajstić information content (AvgIpc) is 2.48. The molecule has 0 saturated carbocycles. The first-order valence-electron chi connectivity index (χ1n) is 6.98. The van der Waals surface area contributed by atoms with Crippen LogP contribution >= 0.6 is 0 Å². The van der Waals surface area contributed by atoms with Crippen molar-refractivity contribution in [2.75, 3.05) is 33.4 Å². The summed E-state index contributed by atoms with van der Waals surface area (Å²) >= 11 is 0. The summed E-state index contributed by atoms with van der Waals surface area (Å²) in [5, 5.41) is 3.27. The van der Waals surface area contributed by atoms with Gasteiger partial charge in [-0.15, -0.1) is 0 Å². The Bertz CT molecular complexity index is 450. The fourth-order valence-electron chi connectivity index (χ4n) is 2.34. The van der Waals surface area contributed by atoms with E-state index in [9.17, 15) is 4.79 Å². The quantitative estimate of drug-likeness (QED) is 0.881. The van der Waals surface area contributed by atoms with E-state index < -0.39 is 0 Å². The van der Waals surface area contributed by atoms with Crippen LogP contribution in [0.3, 0.4) is 0 Å². The second-order valence-electron chi connectivity index (χ2n) is 4.89. The zero-order valence-electron chi connectivity index (χ0n) is 12.1. The Morgan fingerprint density at radius 1 is 1.40 bits per heavy atom. The Morgan fingerprint density at radius 3 is 2.85 bits per heavy atom. The SMILES string of the molecule is COc1ccccc1OCCC(=O)N1CCNC[C@H]1C. The molecule has 5 nitrogen and oxygen atoms in total. The molecular formula is C15H22N2O3. The molecule has 0 unspecified atom stereocenters. The number of rotatable bonds is 5. The van der Waals surface area contributed by atoms with E-state index in [1.165, 1.54) is 0 Å². The minimum atomic E-state index is 0.147. The van der Waals surface area contributed by atoms with Gasteiger partial charge in [-0.3, -0.25) is 4.79 Å². The van der Waals surface area contributed by atoms with E-state index in [-0.39, 0.29) is 11.9 Å². The number of benzene rings is 1. The summed E-state index contributed by atoms with van der Waals surface area (Å²) in [5.41, 5.74) is 0. The minimum Gasteiger partial charge on any atom is -0.493 e. The number of para-hydroxylation sites is 2. The Hall–Kier alpha value is -1.75. The number of carbonyl (C=O) groups is 1. The molecule has 0 bridgehead atoms. The first kappa shape index (κ1) is 14.7. The van der Waals surface area contributed by atoms with Crippen LogP contribution in [0.5, 0.6) is 11.5 Å². The van der Waals surface area contributed by atoms with Crippen molar-refractivity contribution in [3.8, 4) is 11.5 Å². The van der Waals surface area contributed by atoms with Gasteiger partial charge in [-0.25, -0.2) is 0 Å². The Labute approximate surface area is 119 Å². The van der Waals surface area contributed by atoms with Crippen LogP contribution in [0.25, 0.3) is 0 Å². The molecule has 1 atom stereocenters. The third-order valence-corrected chi connectivity index (χ3v) is 3.46. The summed E-state index contributed by atoms with van der Waals surface area (Å²) in [6.45, 7) is 4.93. The number of amides is 1. The van der Waals surface area contributed by atoms with Gasteiger partial charge in [0.15, 0.2) is 11.5 Å². The van der Waals surface area contributed by atoms with Gasteiger partial charge in [-0.1, -0.05) is 12.1 Å². The van der Waals surface area contributed by atoms with E-state index >= 15 is 0 Å². The Balaban J connectivity index is 1.81. The molecule has 1 aliphatic heterocycles. The first-order chi connectivity index (χ1) is 9.72. The minimum absolute atomic E-state index is 0.147. The van der Waals surface area contributed by atoms with Gasteiger partial charge in [-0.2, -0.15) is 0 Å². The van der Waals surface area contributed by atoms with Crippen LogP contribution < -0.4 is 14.8 Å². The van der Waals surface area contributed by atoms with Crippen LogP contribution in [-0.2, 0) is 4.79 Å². The Kier molecular flexibility index (Phi) is 5.24. The fourth-order valence-corrected chi connectivity index (χ4v) is 2.34. The molecule has 5 heteroatoms. The second kappa shape index (κ2) is 7.14. The summed E-state index contributed by atoms with van der Waals surface area (Å²) in [5.74, 6) is 1.51. The molecule has 1 N–H and O–H groups in total. The second-order valence-corrected chi connectivity index (χ2v) is 4.89. The number of nitrogens with zero attached hydrogens (tertiary/aromatic N) is 1. The number of ether oxygens (including phenoxy) is 2. The van der Waals surface area contributed by atoms with Gasteiger partial charge >= 0.3 is 0 Å². The zero-order valence-corrected chi connectivity index (χ0v) is 12.1. The highest BCUT2D eigenvalue weighted by Crippen LogP contribution is 2.25. The number of piperazine rings is 1. The number of hydrogen-bond acceptors (Lipinski definition) is 4. The van der Waals surface area contributed by atoms with Crippen LogP contribution in [0.4, 0.5) is 0 Å². The topological polar surface area (TPSA) is 50.8 Å². The molecule has 110 valence electrons. The standard InChI is InChI=1S/C15H22N2O3/c1-12-11-16-8-9-17(12)15(18)7-10-20-14-6-4-3-5-13(14)19-2/h3-6,12,16H,7-11H2,1-2H3/t12-/m1/s1. The summed E-state index contributed by atoms with van der Waals surface area (Å²) in [6, 6.07) is 7.71. The van der Waals surface area contributed by atoms with Crippen LogP contribution in [0.15, 0.2) is 24.3 Å². The molecule has 1 aromatic rings. The van der Waals surface area contributed by atoms with Gasteiger partial charge in [0.2, 0.25) is 5.91 Å². The van der Waals surface area contributed by atoms with Crippen LogP contribution in [0, 0.1) is 0 Å². The molecule has 0 radical (unpaired) electrons. The predicted molar refractivity (Wildman–Crippen MR) is 77.2 cm³/mol. The summed E-state index contributed by atoms with van der Waals surface area (Å²) in [7, 11) is 1.61. The number of nitrogens with one attached hydrogen (secondary N) is 1. The largest absolute Gasteiger partial charge is 0.493 e. The molecule has 1 amide bonds. The molecule has 2 rings (SSSR count). The van der Waals surface area contributed by atoms with Crippen molar-refractivity contribution in [1.82, 2.24) is 10.2 Å². The van der Waals surface area contributed by atoms with Gasteiger partial charge in [0.1, 0.15) is 0 Å². The lowest BCUT2D eigenvalue weighted by molar-refractivity contribution is -0.134. The van der Waals surface area contributed by atoms with Gasteiger partial charge in [0.25, 0.3) is 0 Å². The summed E-state index contributed by atoms with van der Waals surface area (Å²) in [4.78, 5) is 14.1. The van der Waals surface area contributed by atoms with Crippen molar-refractivity contribution >= 4 is 5.91 Å². The maximum atomic E-state index is 12.1. The van der Waals surface area contributed by atoms with E-state index in [1.54, 1.807) is 7.11 Å². The van der Waals surface area contributed by atoms with E-state index in [4.69, 9.17) is 9.47 Å². The predicted octanol–water partition coefficient (Wildman–Crippen LogP) is 1.28. The third kappa shape index (κ3) is 3.63. The summed E-state index contributed by atoms with van der Waals surface area (Å²) < 4.78 is 10.8. The van der Waals surface area contributed by atoms with E-state index in [0.717, 1.165) is 19.6 Å². The van der Waals surface area contributed by atoms with Gasteiger partial charge in [0.05, 0.1) is 20.1 Å². The molecule has 20 heavy (non-hydrogen) atoms. The zero-order chi connectivity index (χ0) is 14.4. The number of methoxy groups -OCH3 is 1. The molecule has 0 spiro atoms. The molecular weight excluding hydrogens is 256 g/mol. The third-order valence-electron chi connectivity index (χ3n) is 3.46. The molecule has 1 saturated heterocycles. The average molecular weight is 278 g/mol. The molecule has 0 aromatic heterocycles. The van der Waals surface area contributed by atoms with Crippen molar-refractivity contribution in [3.05, 3.63) is 24.3 Å². The fraction of sp³-hybridized carbons (Fsp3) is 0.533. The van der Waals surface area contributed by atoms with Crippen LogP contribution in [0.2, 0.25) is 0 Å². The highest BCUT2D eigenvalue weighted by molar-refractivity contribution is 5.76. The normalized spacial score (nSPS) is 18.7. The van der Waals surface area contributed by atoms with Crippen LogP contribution in [-0.4, -0.2) is 50.2 Å².